The summed E-state index contributed by atoms with van der Waals surface area (Å²) in [5.74, 6) is 0.0340. The SMILES string of the molecule is Cc1nc(-c2ccccn2)sc1C(=O)Nc1ccc(/C=C/C2CCN(C(=O)OC(C)(C)C)C2)nc1. The van der Waals surface area contributed by atoms with Gasteiger partial charge in [-0.2, -0.15) is 0 Å². The first kappa shape index (κ1) is 24.5. The van der Waals surface area contributed by atoms with E-state index in [1.165, 1.54) is 11.3 Å². The van der Waals surface area contributed by atoms with Gasteiger partial charge in [-0.1, -0.05) is 12.1 Å². The molecule has 2 amide bonds. The van der Waals surface area contributed by atoms with E-state index < -0.39 is 5.60 Å². The number of thiazole rings is 1. The Kier molecular flexibility index (Phi) is 7.25. The van der Waals surface area contributed by atoms with Crippen LogP contribution in [0.2, 0.25) is 0 Å². The fourth-order valence-corrected chi connectivity index (χ4v) is 4.58. The lowest BCUT2D eigenvalue weighted by Gasteiger charge is -2.24. The van der Waals surface area contributed by atoms with Crippen molar-refractivity contribution in [3.05, 3.63) is 65.1 Å². The molecule has 3 aromatic heterocycles. The highest BCUT2D eigenvalue weighted by Gasteiger charge is 2.28. The number of nitrogens with one attached hydrogen (secondary N) is 1. The summed E-state index contributed by atoms with van der Waals surface area (Å²) in [6, 6.07) is 9.28. The van der Waals surface area contributed by atoms with Gasteiger partial charge in [-0.15, -0.1) is 11.3 Å². The van der Waals surface area contributed by atoms with E-state index in [0.29, 0.717) is 34.4 Å². The zero-order chi connectivity index (χ0) is 25.0. The second-order valence-electron chi connectivity index (χ2n) is 9.41. The molecule has 1 fully saturated rings. The molecule has 1 aliphatic heterocycles. The van der Waals surface area contributed by atoms with Crippen molar-refractivity contribution in [2.45, 2.75) is 39.7 Å². The third kappa shape index (κ3) is 6.51. The molecule has 35 heavy (non-hydrogen) atoms. The van der Waals surface area contributed by atoms with Gasteiger partial charge in [0, 0.05) is 19.3 Å². The summed E-state index contributed by atoms with van der Waals surface area (Å²) in [6.07, 6.45) is 7.98. The highest BCUT2D eigenvalue weighted by molar-refractivity contribution is 7.17. The van der Waals surface area contributed by atoms with E-state index in [2.05, 4.69) is 26.3 Å². The Balaban J connectivity index is 1.33. The Hall–Kier alpha value is -3.59. The van der Waals surface area contributed by atoms with Gasteiger partial charge in [-0.25, -0.2) is 9.78 Å². The number of aryl methyl sites for hydroxylation is 1. The van der Waals surface area contributed by atoms with E-state index in [4.69, 9.17) is 4.74 Å². The molecule has 0 spiro atoms. The van der Waals surface area contributed by atoms with Gasteiger partial charge >= 0.3 is 6.09 Å². The average Bonchev–Trinajstić information content (AvgIpc) is 3.45. The molecule has 182 valence electrons. The summed E-state index contributed by atoms with van der Waals surface area (Å²) in [5.41, 5.74) is 2.31. The number of carbonyl (C=O) groups is 2. The van der Waals surface area contributed by atoms with E-state index >= 15 is 0 Å². The van der Waals surface area contributed by atoms with Crippen LogP contribution in [0.5, 0.6) is 0 Å². The average molecular weight is 492 g/mol. The van der Waals surface area contributed by atoms with E-state index in [1.807, 2.05) is 64.1 Å². The number of likely N-dealkylation sites (tertiary alicyclic amines) is 1. The number of hydrogen-bond acceptors (Lipinski definition) is 7. The van der Waals surface area contributed by atoms with Gasteiger partial charge < -0.3 is 15.0 Å². The summed E-state index contributed by atoms with van der Waals surface area (Å²) >= 11 is 1.32. The minimum atomic E-state index is -0.494. The first-order valence-corrected chi connectivity index (χ1v) is 12.3. The molecule has 1 saturated heterocycles. The highest BCUT2D eigenvalue weighted by atomic mass is 32.1. The summed E-state index contributed by atoms with van der Waals surface area (Å²) in [5, 5.41) is 3.60. The molecule has 3 aromatic rings. The van der Waals surface area contributed by atoms with Gasteiger partial charge in [0.05, 0.1) is 29.0 Å². The lowest BCUT2D eigenvalue weighted by Crippen LogP contribution is -2.35. The maximum Gasteiger partial charge on any atom is 0.410 e. The predicted octanol–water partition coefficient (Wildman–Crippen LogP) is 5.43. The number of rotatable bonds is 5. The molecule has 1 unspecified atom stereocenters. The summed E-state index contributed by atoms with van der Waals surface area (Å²) in [4.78, 5) is 40.5. The van der Waals surface area contributed by atoms with Gasteiger partial charge in [0.15, 0.2) is 0 Å². The Bertz CT molecular complexity index is 1220. The maximum absolute atomic E-state index is 12.8. The largest absolute Gasteiger partial charge is 0.444 e. The monoisotopic (exact) mass is 491 g/mol. The number of anilines is 1. The van der Waals surface area contributed by atoms with Crippen molar-refractivity contribution in [1.29, 1.82) is 0 Å². The van der Waals surface area contributed by atoms with Crippen molar-refractivity contribution in [3.63, 3.8) is 0 Å². The summed E-state index contributed by atoms with van der Waals surface area (Å²) in [6.45, 7) is 8.74. The van der Waals surface area contributed by atoms with Crippen LogP contribution in [0.15, 0.2) is 48.8 Å². The fourth-order valence-electron chi connectivity index (χ4n) is 3.64. The van der Waals surface area contributed by atoms with Crippen LogP contribution in [-0.2, 0) is 4.74 Å². The molecule has 1 atom stereocenters. The molecule has 9 heteroatoms. The first-order valence-electron chi connectivity index (χ1n) is 11.5. The van der Waals surface area contributed by atoms with E-state index in [1.54, 1.807) is 17.3 Å². The normalized spacial score (nSPS) is 16.0. The second-order valence-corrected chi connectivity index (χ2v) is 10.4. The van der Waals surface area contributed by atoms with Gasteiger partial charge in [-0.05, 0) is 70.4 Å². The number of carbonyl (C=O) groups excluding carboxylic acids is 2. The van der Waals surface area contributed by atoms with Crippen LogP contribution in [0.3, 0.4) is 0 Å². The lowest BCUT2D eigenvalue weighted by atomic mass is 10.1. The molecular weight excluding hydrogens is 462 g/mol. The fraction of sp³-hybridized carbons (Fsp3) is 0.346. The van der Waals surface area contributed by atoms with E-state index in [-0.39, 0.29) is 17.9 Å². The molecule has 0 aromatic carbocycles. The standard InChI is InChI=1S/C26H29N5O3S/c1-17-22(35-24(29-17)21-7-5-6-13-27-21)23(32)30-20-11-10-19(28-15-20)9-8-18-12-14-31(16-18)25(33)34-26(2,3)4/h5-11,13,15,18H,12,14,16H2,1-4H3,(H,30,32)/b9-8+. The number of hydrogen-bond donors (Lipinski definition) is 1. The van der Waals surface area contributed by atoms with Crippen LogP contribution in [0.4, 0.5) is 10.5 Å². The topological polar surface area (TPSA) is 97.3 Å². The van der Waals surface area contributed by atoms with Crippen LogP contribution in [0.25, 0.3) is 16.8 Å². The zero-order valence-electron chi connectivity index (χ0n) is 20.3. The molecule has 0 saturated carbocycles. The van der Waals surface area contributed by atoms with Gasteiger partial charge in [-0.3, -0.25) is 14.8 Å². The Morgan fingerprint density at radius 3 is 2.71 bits per heavy atom. The smallest absolute Gasteiger partial charge is 0.410 e. The Morgan fingerprint density at radius 2 is 2.03 bits per heavy atom. The van der Waals surface area contributed by atoms with Gasteiger partial charge in [0.2, 0.25) is 0 Å². The van der Waals surface area contributed by atoms with Crippen molar-refractivity contribution in [2.75, 3.05) is 18.4 Å². The third-order valence-corrected chi connectivity index (χ3v) is 6.53. The minimum absolute atomic E-state index is 0.222. The van der Waals surface area contributed by atoms with E-state index in [0.717, 1.165) is 17.8 Å². The summed E-state index contributed by atoms with van der Waals surface area (Å²) < 4.78 is 5.45. The third-order valence-electron chi connectivity index (χ3n) is 5.35. The molecule has 0 radical (unpaired) electrons. The van der Waals surface area contributed by atoms with E-state index in [9.17, 15) is 9.59 Å². The van der Waals surface area contributed by atoms with Crippen molar-refractivity contribution < 1.29 is 14.3 Å². The van der Waals surface area contributed by atoms with Crippen molar-refractivity contribution in [3.8, 4) is 10.7 Å². The summed E-state index contributed by atoms with van der Waals surface area (Å²) in [7, 11) is 0. The van der Waals surface area contributed by atoms with Crippen LogP contribution >= 0.6 is 11.3 Å². The van der Waals surface area contributed by atoms with Crippen LogP contribution in [0.1, 0.15) is 48.3 Å². The minimum Gasteiger partial charge on any atom is -0.444 e. The second kappa shape index (κ2) is 10.4. The maximum atomic E-state index is 12.8. The van der Waals surface area contributed by atoms with Crippen LogP contribution in [0, 0.1) is 12.8 Å². The number of ether oxygens (including phenoxy) is 1. The molecule has 8 nitrogen and oxygen atoms in total. The molecule has 0 aliphatic carbocycles. The van der Waals surface area contributed by atoms with Crippen LogP contribution in [-0.4, -0.2) is 50.5 Å². The molecular formula is C26H29N5O3S. The Morgan fingerprint density at radius 1 is 1.20 bits per heavy atom. The number of aromatic nitrogens is 3. The number of nitrogens with zero attached hydrogens (tertiary/aromatic N) is 4. The molecule has 0 bridgehead atoms. The lowest BCUT2D eigenvalue weighted by molar-refractivity contribution is 0.0291. The van der Waals surface area contributed by atoms with Gasteiger partial charge in [0.25, 0.3) is 5.91 Å². The van der Waals surface area contributed by atoms with Crippen LogP contribution < -0.4 is 5.32 Å². The predicted molar refractivity (Wildman–Crippen MR) is 137 cm³/mol. The molecule has 1 N–H and O–H groups in total. The number of amides is 2. The molecule has 1 aliphatic rings. The quantitative estimate of drug-likeness (QED) is 0.511. The van der Waals surface area contributed by atoms with Crippen molar-refractivity contribution in [1.82, 2.24) is 19.9 Å². The Labute approximate surface area is 209 Å². The molecule has 4 rings (SSSR count). The molecule has 4 heterocycles. The highest BCUT2D eigenvalue weighted by Crippen LogP contribution is 2.27. The van der Waals surface area contributed by atoms with Gasteiger partial charge in [0.1, 0.15) is 15.5 Å². The zero-order valence-corrected chi connectivity index (χ0v) is 21.1. The van der Waals surface area contributed by atoms with Crippen molar-refractivity contribution >= 4 is 35.1 Å². The first-order chi connectivity index (χ1) is 16.7. The number of pyridine rings is 2. The van der Waals surface area contributed by atoms with Crippen molar-refractivity contribution in [2.24, 2.45) is 5.92 Å².